The number of alkyl halides is 1. The molecule has 2 rings (SSSR count). The van der Waals surface area contributed by atoms with Gasteiger partial charge in [0.1, 0.15) is 5.75 Å². The Balaban J connectivity index is 2.36. The number of amides is 2. The van der Waals surface area contributed by atoms with Crippen molar-refractivity contribution in [3.63, 3.8) is 0 Å². The van der Waals surface area contributed by atoms with Gasteiger partial charge in [0.15, 0.2) is 5.17 Å². The average molecular weight is 310 g/mol. The van der Waals surface area contributed by atoms with Crippen molar-refractivity contribution >= 4 is 34.9 Å². The first-order valence-corrected chi connectivity index (χ1v) is 7.42. The molecule has 0 spiro atoms. The van der Waals surface area contributed by atoms with Gasteiger partial charge in [0.25, 0.3) is 0 Å². The van der Waals surface area contributed by atoms with Crippen molar-refractivity contribution in [1.29, 1.82) is 0 Å². The number of amidine groups is 1. The number of aryl methyl sites for hydroxylation is 1. The number of carbonyl (C=O) groups is 2. The molecule has 1 heterocycles. The Bertz CT molecular complexity index is 577. The second kappa shape index (κ2) is 7.21. The highest BCUT2D eigenvalue weighted by Gasteiger charge is 2.31. The van der Waals surface area contributed by atoms with Crippen LogP contribution >= 0.6 is 11.8 Å². The van der Waals surface area contributed by atoms with Crippen molar-refractivity contribution in [3.05, 3.63) is 23.8 Å². The third-order valence-corrected chi connectivity index (χ3v) is 3.76. The van der Waals surface area contributed by atoms with Crippen LogP contribution in [-0.2, 0) is 9.59 Å². The molecule has 0 saturated carbocycles. The molecule has 1 aliphatic rings. The minimum atomic E-state index is -0.461. The normalized spacial score (nSPS) is 16.6. The molecule has 0 aromatic heterocycles. The minimum absolute atomic E-state index is 0.165. The smallest absolute Gasteiger partial charge is 0.243 e. The zero-order valence-electron chi connectivity index (χ0n) is 11.5. The number of benzene rings is 1. The van der Waals surface area contributed by atoms with Gasteiger partial charge in [-0.1, -0.05) is 17.8 Å². The molecule has 1 saturated heterocycles. The first kappa shape index (κ1) is 15.5. The molecule has 0 unspecified atom stereocenters. The molecular formula is C14H15FN2O3S. The van der Waals surface area contributed by atoms with Gasteiger partial charge in [-0.05, 0) is 24.6 Å². The van der Waals surface area contributed by atoms with E-state index in [2.05, 4.69) is 4.99 Å². The molecule has 21 heavy (non-hydrogen) atoms. The maximum Gasteiger partial charge on any atom is 0.243 e. The molecule has 0 bridgehead atoms. The first-order valence-electron chi connectivity index (χ1n) is 6.44. The van der Waals surface area contributed by atoms with Gasteiger partial charge < -0.3 is 4.74 Å². The Morgan fingerprint density at radius 3 is 3.05 bits per heavy atom. The van der Waals surface area contributed by atoms with Gasteiger partial charge >= 0.3 is 0 Å². The van der Waals surface area contributed by atoms with Crippen LogP contribution in [0.4, 0.5) is 10.1 Å². The fraction of sp³-hybridized carbons (Fsp3) is 0.357. The topological polar surface area (TPSA) is 59.0 Å². The van der Waals surface area contributed by atoms with Crippen molar-refractivity contribution in [3.8, 4) is 5.75 Å². The summed E-state index contributed by atoms with van der Waals surface area (Å²) in [4.78, 5) is 27.7. The Morgan fingerprint density at radius 2 is 2.33 bits per heavy atom. The standard InChI is InChI=1S/C14H15FN2O3S/c1-10-3-4-12(20-6-2-5-15)11(7-10)17-13(19)8-21-14(17)16-9-18/h3-4,7,9H,2,5-6,8H2,1H3. The summed E-state index contributed by atoms with van der Waals surface area (Å²) in [6.45, 7) is 1.65. The molecule has 7 heteroatoms. The number of halogens is 1. The van der Waals surface area contributed by atoms with E-state index in [1.54, 1.807) is 12.1 Å². The third kappa shape index (κ3) is 3.60. The Kier molecular flexibility index (Phi) is 5.32. The van der Waals surface area contributed by atoms with Crippen LogP contribution in [0.3, 0.4) is 0 Å². The van der Waals surface area contributed by atoms with E-state index in [1.165, 1.54) is 16.7 Å². The lowest BCUT2D eigenvalue weighted by Gasteiger charge is -2.20. The number of anilines is 1. The highest BCUT2D eigenvalue weighted by Crippen LogP contribution is 2.35. The molecule has 1 fully saturated rings. The molecule has 0 N–H and O–H groups in total. The average Bonchev–Trinajstić information content (AvgIpc) is 2.82. The zero-order chi connectivity index (χ0) is 15.2. The highest BCUT2D eigenvalue weighted by atomic mass is 32.2. The van der Waals surface area contributed by atoms with Gasteiger partial charge in [0.2, 0.25) is 12.3 Å². The number of thioether (sulfide) groups is 1. The van der Waals surface area contributed by atoms with Crippen molar-refractivity contribution in [2.24, 2.45) is 4.99 Å². The quantitative estimate of drug-likeness (QED) is 0.598. The monoisotopic (exact) mass is 310 g/mol. The van der Waals surface area contributed by atoms with E-state index in [1.807, 2.05) is 13.0 Å². The second-order valence-corrected chi connectivity index (χ2v) is 5.34. The molecule has 2 amide bonds. The molecule has 0 atom stereocenters. The number of nitrogens with zero attached hydrogens (tertiary/aromatic N) is 2. The van der Waals surface area contributed by atoms with E-state index >= 15 is 0 Å². The Morgan fingerprint density at radius 1 is 1.52 bits per heavy atom. The maximum atomic E-state index is 12.2. The van der Waals surface area contributed by atoms with E-state index in [0.717, 1.165) is 5.56 Å². The van der Waals surface area contributed by atoms with Crippen LogP contribution in [0, 0.1) is 6.92 Å². The summed E-state index contributed by atoms with van der Waals surface area (Å²) in [6, 6.07) is 5.37. The SMILES string of the molecule is Cc1ccc(OCCCF)c(N2C(=O)CSC2=NC=O)c1. The number of rotatable bonds is 6. The number of aliphatic imine (C=N–C) groups is 1. The van der Waals surface area contributed by atoms with Gasteiger partial charge in [-0.25, -0.2) is 0 Å². The molecule has 112 valence electrons. The Hall–Kier alpha value is -1.89. The van der Waals surface area contributed by atoms with E-state index in [0.29, 0.717) is 23.0 Å². The van der Waals surface area contributed by atoms with E-state index in [9.17, 15) is 14.0 Å². The summed E-state index contributed by atoms with van der Waals surface area (Å²) in [5.41, 5.74) is 1.47. The van der Waals surface area contributed by atoms with Gasteiger partial charge in [0, 0.05) is 6.42 Å². The molecule has 1 aliphatic heterocycles. The van der Waals surface area contributed by atoms with Crippen molar-refractivity contribution in [1.82, 2.24) is 0 Å². The van der Waals surface area contributed by atoms with Crippen LogP contribution in [0.5, 0.6) is 5.75 Å². The molecular weight excluding hydrogens is 295 g/mol. The van der Waals surface area contributed by atoms with Crippen molar-refractivity contribution in [2.45, 2.75) is 13.3 Å². The van der Waals surface area contributed by atoms with E-state index in [4.69, 9.17) is 4.74 Å². The summed E-state index contributed by atoms with van der Waals surface area (Å²) in [5, 5.41) is 0.330. The third-order valence-electron chi connectivity index (χ3n) is 2.82. The van der Waals surface area contributed by atoms with Gasteiger partial charge in [0.05, 0.1) is 24.7 Å². The number of hydrogen-bond acceptors (Lipinski definition) is 4. The van der Waals surface area contributed by atoms with Crippen molar-refractivity contribution < 1.29 is 18.7 Å². The molecule has 5 nitrogen and oxygen atoms in total. The predicted molar refractivity (Wildman–Crippen MR) is 80.7 cm³/mol. The minimum Gasteiger partial charge on any atom is -0.491 e. The first-order chi connectivity index (χ1) is 10.2. The van der Waals surface area contributed by atoms with Crippen LogP contribution in [0.25, 0.3) is 0 Å². The lowest BCUT2D eigenvalue weighted by atomic mass is 10.2. The number of hydrogen-bond donors (Lipinski definition) is 0. The summed E-state index contributed by atoms with van der Waals surface area (Å²) in [6.07, 6.45) is 0.693. The summed E-state index contributed by atoms with van der Waals surface area (Å²) in [7, 11) is 0. The number of carbonyl (C=O) groups excluding carboxylic acids is 2. The fourth-order valence-corrected chi connectivity index (χ4v) is 2.73. The van der Waals surface area contributed by atoms with Gasteiger partial charge in [-0.2, -0.15) is 4.99 Å². The lowest BCUT2D eigenvalue weighted by molar-refractivity contribution is -0.115. The summed E-state index contributed by atoms with van der Waals surface area (Å²) >= 11 is 1.20. The molecule has 1 aromatic carbocycles. The molecule has 1 aromatic rings. The number of ether oxygens (including phenoxy) is 1. The zero-order valence-corrected chi connectivity index (χ0v) is 12.4. The van der Waals surface area contributed by atoms with Crippen molar-refractivity contribution in [2.75, 3.05) is 23.9 Å². The largest absolute Gasteiger partial charge is 0.491 e. The second-order valence-electron chi connectivity index (χ2n) is 4.40. The summed E-state index contributed by atoms with van der Waals surface area (Å²) < 4.78 is 17.7. The summed E-state index contributed by atoms with van der Waals surface area (Å²) in [5.74, 6) is 0.537. The van der Waals surface area contributed by atoms with Crippen LogP contribution in [0.2, 0.25) is 0 Å². The maximum absolute atomic E-state index is 12.2. The van der Waals surface area contributed by atoms with Gasteiger partial charge in [-0.3, -0.25) is 18.9 Å². The fourth-order valence-electron chi connectivity index (χ4n) is 1.90. The van der Waals surface area contributed by atoms with E-state index in [-0.39, 0.29) is 24.7 Å². The lowest BCUT2D eigenvalue weighted by Crippen LogP contribution is -2.30. The molecule has 0 aliphatic carbocycles. The van der Waals surface area contributed by atoms with Crippen LogP contribution in [0.15, 0.2) is 23.2 Å². The molecule has 0 radical (unpaired) electrons. The Labute approximate surface area is 126 Å². The van der Waals surface area contributed by atoms with Crippen LogP contribution in [0.1, 0.15) is 12.0 Å². The van der Waals surface area contributed by atoms with E-state index < -0.39 is 6.67 Å². The highest BCUT2D eigenvalue weighted by molar-refractivity contribution is 8.15. The van der Waals surface area contributed by atoms with Gasteiger partial charge in [-0.15, -0.1) is 0 Å². The van der Waals surface area contributed by atoms with Crippen LogP contribution in [-0.4, -0.2) is 36.5 Å². The van der Waals surface area contributed by atoms with Crippen LogP contribution < -0.4 is 9.64 Å². The predicted octanol–water partition coefficient (Wildman–Crippen LogP) is 2.33.